The van der Waals surface area contributed by atoms with Crippen LogP contribution in [0.4, 0.5) is 0 Å². The van der Waals surface area contributed by atoms with Gasteiger partial charge in [0.05, 0.1) is 12.0 Å². The lowest BCUT2D eigenvalue weighted by atomic mass is 10.1. The van der Waals surface area contributed by atoms with Crippen molar-refractivity contribution in [3.05, 3.63) is 23.8 Å². The number of alkyl halides is 1. The van der Waals surface area contributed by atoms with E-state index >= 15 is 0 Å². The van der Waals surface area contributed by atoms with E-state index in [1.165, 1.54) is 4.31 Å². The van der Waals surface area contributed by atoms with Crippen molar-refractivity contribution in [1.29, 1.82) is 0 Å². The molecule has 1 aromatic carbocycles. The molecule has 0 aromatic heterocycles. The van der Waals surface area contributed by atoms with Crippen LogP contribution in [0.1, 0.15) is 25.8 Å². The lowest BCUT2D eigenvalue weighted by Gasteiger charge is -2.22. The summed E-state index contributed by atoms with van der Waals surface area (Å²) in [6.45, 7) is 4.60. The van der Waals surface area contributed by atoms with Crippen LogP contribution in [0, 0.1) is 5.92 Å². The van der Waals surface area contributed by atoms with Gasteiger partial charge >= 0.3 is 0 Å². The van der Waals surface area contributed by atoms with Crippen LogP contribution in [-0.4, -0.2) is 39.3 Å². The third-order valence-corrected chi connectivity index (χ3v) is 5.70. The van der Waals surface area contributed by atoms with E-state index in [2.05, 4.69) is 6.92 Å². The third kappa shape index (κ3) is 4.59. The molecular weight excluding hydrogens is 310 g/mol. The van der Waals surface area contributed by atoms with Crippen LogP contribution >= 0.6 is 11.6 Å². The summed E-state index contributed by atoms with van der Waals surface area (Å²) in [5.74, 6) is 1.32. The molecule has 0 amide bonds. The molecule has 0 saturated carbocycles. The Morgan fingerprint density at radius 3 is 2.57 bits per heavy atom. The van der Waals surface area contributed by atoms with Gasteiger partial charge in [0.25, 0.3) is 0 Å². The number of ether oxygens (including phenoxy) is 1. The maximum absolute atomic E-state index is 12.7. The SMILES string of the molecule is CCC(C)CN(C)S(=O)(=O)c1ccc(OC)cc1CCCl. The zero-order valence-electron chi connectivity index (χ0n) is 13.1. The van der Waals surface area contributed by atoms with Gasteiger partial charge < -0.3 is 4.74 Å². The van der Waals surface area contributed by atoms with Crippen LogP contribution in [0.2, 0.25) is 0 Å². The lowest BCUT2D eigenvalue weighted by molar-refractivity contribution is 0.393. The number of sulfonamides is 1. The molecule has 4 nitrogen and oxygen atoms in total. The standard InChI is InChI=1S/C15H24ClNO3S/c1-5-12(2)11-17(3)21(18,19)15-7-6-14(20-4)10-13(15)8-9-16/h6-7,10,12H,5,8-9,11H2,1-4H3. The number of benzene rings is 1. The summed E-state index contributed by atoms with van der Waals surface area (Å²) in [6.07, 6.45) is 1.43. The van der Waals surface area contributed by atoms with E-state index in [-0.39, 0.29) is 0 Å². The number of methoxy groups -OCH3 is 1. The van der Waals surface area contributed by atoms with Crippen molar-refractivity contribution in [3.8, 4) is 5.75 Å². The highest BCUT2D eigenvalue weighted by atomic mass is 35.5. The molecule has 0 bridgehead atoms. The molecule has 0 radical (unpaired) electrons. The second-order valence-electron chi connectivity index (χ2n) is 5.21. The van der Waals surface area contributed by atoms with Crippen molar-refractivity contribution in [1.82, 2.24) is 4.31 Å². The fraction of sp³-hybridized carbons (Fsp3) is 0.600. The Morgan fingerprint density at radius 2 is 2.05 bits per heavy atom. The second-order valence-corrected chi connectivity index (χ2v) is 7.60. The van der Waals surface area contributed by atoms with Crippen LogP contribution < -0.4 is 4.74 Å². The number of rotatable bonds is 8. The first-order valence-corrected chi connectivity index (χ1v) is 9.03. The first kappa shape index (κ1) is 18.3. The van der Waals surface area contributed by atoms with E-state index in [4.69, 9.17) is 16.3 Å². The second kappa shape index (κ2) is 8.01. The molecule has 1 unspecified atom stereocenters. The Balaban J connectivity index is 3.17. The Kier molecular flexibility index (Phi) is 6.97. The van der Waals surface area contributed by atoms with E-state index < -0.39 is 10.0 Å². The minimum absolute atomic E-state index is 0.315. The van der Waals surface area contributed by atoms with E-state index in [0.29, 0.717) is 41.0 Å². The normalized spacial score (nSPS) is 13.4. The first-order chi connectivity index (χ1) is 9.86. The largest absolute Gasteiger partial charge is 0.497 e. The molecule has 0 fully saturated rings. The highest BCUT2D eigenvalue weighted by Crippen LogP contribution is 2.25. The van der Waals surface area contributed by atoms with Gasteiger partial charge in [-0.05, 0) is 36.1 Å². The van der Waals surface area contributed by atoms with Crippen LogP contribution in [-0.2, 0) is 16.4 Å². The average Bonchev–Trinajstić information content (AvgIpc) is 2.46. The van der Waals surface area contributed by atoms with Crippen molar-refractivity contribution in [2.45, 2.75) is 31.6 Å². The highest BCUT2D eigenvalue weighted by molar-refractivity contribution is 7.89. The molecule has 0 heterocycles. The van der Waals surface area contributed by atoms with Gasteiger partial charge in [-0.25, -0.2) is 12.7 Å². The molecule has 120 valence electrons. The molecule has 6 heteroatoms. The Bertz CT molecular complexity index is 560. The summed E-state index contributed by atoms with van der Waals surface area (Å²) in [5, 5.41) is 0. The van der Waals surface area contributed by atoms with Gasteiger partial charge in [-0.15, -0.1) is 11.6 Å². The Morgan fingerprint density at radius 1 is 1.38 bits per heavy atom. The topological polar surface area (TPSA) is 46.6 Å². The summed E-state index contributed by atoms with van der Waals surface area (Å²) < 4.78 is 32.0. The summed E-state index contributed by atoms with van der Waals surface area (Å²) in [7, 11) is -0.323. The number of hydrogen-bond acceptors (Lipinski definition) is 3. The van der Waals surface area contributed by atoms with Gasteiger partial charge in [-0.2, -0.15) is 0 Å². The predicted octanol–water partition coefficient (Wildman–Crippen LogP) is 3.14. The van der Waals surface area contributed by atoms with E-state index in [1.807, 2.05) is 6.92 Å². The quantitative estimate of drug-likeness (QED) is 0.687. The summed E-state index contributed by atoms with van der Waals surface area (Å²) >= 11 is 5.79. The fourth-order valence-corrected chi connectivity index (χ4v) is 3.79. The molecule has 1 atom stereocenters. The highest BCUT2D eigenvalue weighted by Gasteiger charge is 2.25. The number of halogens is 1. The number of nitrogens with zero attached hydrogens (tertiary/aromatic N) is 1. The molecule has 21 heavy (non-hydrogen) atoms. The van der Waals surface area contributed by atoms with Crippen molar-refractivity contribution in [2.75, 3.05) is 26.6 Å². The summed E-state index contributed by atoms with van der Waals surface area (Å²) in [4.78, 5) is 0.315. The first-order valence-electron chi connectivity index (χ1n) is 7.06. The van der Waals surface area contributed by atoms with Gasteiger partial charge in [0.1, 0.15) is 5.75 Å². The minimum atomic E-state index is -3.50. The number of hydrogen-bond donors (Lipinski definition) is 0. The summed E-state index contributed by atoms with van der Waals surface area (Å²) in [6, 6.07) is 5.01. The molecular formula is C15H24ClNO3S. The minimum Gasteiger partial charge on any atom is -0.497 e. The van der Waals surface area contributed by atoms with Gasteiger partial charge in [0.15, 0.2) is 0 Å². The smallest absolute Gasteiger partial charge is 0.243 e. The van der Waals surface area contributed by atoms with E-state index in [0.717, 1.165) is 6.42 Å². The zero-order valence-corrected chi connectivity index (χ0v) is 14.7. The molecule has 0 aliphatic rings. The molecule has 1 rings (SSSR count). The molecule has 0 aliphatic heterocycles. The molecule has 0 saturated heterocycles. The zero-order chi connectivity index (χ0) is 16.0. The van der Waals surface area contributed by atoms with Crippen molar-refractivity contribution in [2.24, 2.45) is 5.92 Å². The predicted molar refractivity (Wildman–Crippen MR) is 86.7 cm³/mol. The van der Waals surface area contributed by atoms with E-state index in [9.17, 15) is 8.42 Å². The monoisotopic (exact) mass is 333 g/mol. The van der Waals surface area contributed by atoms with E-state index in [1.54, 1.807) is 32.4 Å². The Hall–Kier alpha value is -0.780. The number of aryl methyl sites for hydroxylation is 1. The van der Waals surface area contributed by atoms with Crippen LogP contribution in [0.5, 0.6) is 5.75 Å². The lowest BCUT2D eigenvalue weighted by Crippen LogP contribution is -2.31. The van der Waals surface area contributed by atoms with Gasteiger partial charge in [0.2, 0.25) is 10.0 Å². The van der Waals surface area contributed by atoms with Crippen molar-refractivity contribution >= 4 is 21.6 Å². The van der Waals surface area contributed by atoms with Crippen molar-refractivity contribution in [3.63, 3.8) is 0 Å². The molecule has 0 aliphatic carbocycles. The Labute approximate surface area is 133 Å². The van der Waals surface area contributed by atoms with Crippen molar-refractivity contribution < 1.29 is 13.2 Å². The fourth-order valence-electron chi connectivity index (χ4n) is 2.07. The van der Waals surface area contributed by atoms with Gasteiger partial charge in [-0.3, -0.25) is 0 Å². The van der Waals surface area contributed by atoms with Crippen LogP contribution in [0.3, 0.4) is 0 Å². The van der Waals surface area contributed by atoms with Crippen LogP contribution in [0.15, 0.2) is 23.1 Å². The van der Waals surface area contributed by atoms with Gasteiger partial charge in [0, 0.05) is 19.5 Å². The van der Waals surface area contributed by atoms with Gasteiger partial charge in [-0.1, -0.05) is 20.3 Å². The third-order valence-electron chi connectivity index (χ3n) is 3.59. The summed E-state index contributed by atoms with van der Waals surface area (Å²) in [5.41, 5.74) is 0.695. The van der Waals surface area contributed by atoms with Crippen LogP contribution in [0.25, 0.3) is 0 Å². The maximum Gasteiger partial charge on any atom is 0.243 e. The average molecular weight is 334 g/mol. The molecule has 1 aromatic rings. The maximum atomic E-state index is 12.7. The molecule has 0 spiro atoms. The molecule has 0 N–H and O–H groups in total.